The molecular formula is C17H21N3O6. The summed E-state index contributed by atoms with van der Waals surface area (Å²) < 4.78 is 10.2. The first-order chi connectivity index (χ1) is 12.6. The summed E-state index contributed by atoms with van der Waals surface area (Å²) >= 11 is 0. The fraction of sp³-hybridized carbons (Fsp3) is 0.529. The predicted molar refractivity (Wildman–Crippen MR) is 92.2 cm³/mol. The van der Waals surface area contributed by atoms with Gasteiger partial charge in [-0.05, 0) is 25.0 Å². The summed E-state index contributed by atoms with van der Waals surface area (Å²) in [6, 6.07) is 4.29. The van der Waals surface area contributed by atoms with Gasteiger partial charge < -0.3 is 19.3 Å². The number of hydrogen-bond donors (Lipinski definition) is 0. The van der Waals surface area contributed by atoms with Crippen molar-refractivity contribution in [3.05, 3.63) is 33.9 Å². The molecule has 0 radical (unpaired) electrons. The van der Waals surface area contributed by atoms with Gasteiger partial charge in [0, 0.05) is 32.2 Å². The van der Waals surface area contributed by atoms with Gasteiger partial charge in [-0.25, -0.2) is 4.79 Å². The zero-order valence-electron chi connectivity index (χ0n) is 14.4. The summed E-state index contributed by atoms with van der Waals surface area (Å²) in [6.07, 6.45) is 1.98. The van der Waals surface area contributed by atoms with Crippen LogP contribution in [0.25, 0.3) is 0 Å². The summed E-state index contributed by atoms with van der Waals surface area (Å²) in [5.74, 6) is -1.05. The second-order valence-corrected chi connectivity index (χ2v) is 6.22. The monoisotopic (exact) mass is 363 g/mol. The molecule has 3 rings (SSSR count). The molecule has 0 N–H and O–H groups in total. The molecule has 2 aliphatic rings. The van der Waals surface area contributed by atoms with Crippen molar-refractivity contribution in [1.82, 2.24) is 4.90 Å². The highest BCUT2D eigenvalue weighted by atomic mass is 16.6. The molecule has 9 nitrogen and oxygen atoms in total. The van der Waals surface area contributed by atoms with Crippen LogP contribution in [0.1, 0.15) is 23.2 Å². The molecule has 2 fully saturated rings. The molecular weight excluding hydrogens is 342 g/mol. The summed E-state index contributed by atoms with van der Waals surface area (Å²) in [6.45, 7) is 2.99. The van der Waals surface area contributed by atoms with E-state index in [2.05, 4.69) is 0 Å². The van der Waals surface area contributed by atoms with Gasteiger partial charge >= 0.3 is 5.97 Å². The van der Waals surface area contributed by atoms with Gasteiger partial charge in [0.25, 0.3) is 11.6 Å². The number of anilines is 1. The van der Waals surface area contributed by atoms with Crippen LogP contribution in [0.5, 0.6) is 0 Å². The molecule has 26 heavy (non-hydrogen) atoms. The van der Waals surface area contributed by atoms with E-state index in [-0.39, 0.29) is 23.8 Å². The predicted octanol–water partition coefficient (Wildman–Crippen LogP) is 1.21. The van der Waals surface area contributed by atoms with Gasteiger partial charge in [-0.2, -0.15) is 0 Å². The molecule has 9 heteroatoms. The number of morpholine rings is 1. The Morgan fingerprint density at radius 1 is 1.15 bits per heavy atom. The Morgan fingerprint density at radius 3 is 2.50 bits per heavy atom. The van der Waals surface area contributed by atoms with Gasteiger partial charge in [0.15, 0.2) is 6.61 Å². The molecule has 1 aromatic rings. The van der Waals surface area contributed by atoms with Crippen LogP contribution in [0, 0.1) is 10.1 Å². The van der Waals surface area contributed by atoms with Crippen LogP contribution in [-0.4, -0.2) is 67.7 Å². The Kier molecular flexibility index (Phi) is 5.67. The number of carbonyl (C=O) groups is 2. The van der Waals surface area contributed by atoms with Gasteiger partial charge in [-0.3, -0.25) is 14.9 Å². The van der Waals surface area contributed by atoms with E-state index in [1.165, 1.54) is 12.1 Å². The SMILES string of the molecule is O=C(OCC(=O)N1CCOCC1)c1ccc(N2CCCC2)c([N+](=O)[O-])c1. The Bertz CT molecular complexity index is 696. The molecule has 0 atom stereocenters. The third kappa shape index (κ3) is 4.10. The van der Waals surface area contributed by atoms with Crippen molar-refractivity contribution >= 4 is 23.3 Å². The maximum Gasteiger partial charge on any atom is 0.338 e. The number of ether oxygens (including phenoxy) is 2. The largest absolute Gasteiger partial charge is 0.452 e. The van der Waals surface area contributed by atoms with Crippen molar-refractivity contribution in [2.75, 3.05) is 50.9 Å². The molecule has 0 unspecified atom stereocenters. The fourth-order valence-corrected chi connectivity index (χ4v) is 3.14. The van der Waals surface area contributed by atoms with E-state index >= 15 is 0 Å². The van der Waals surface area contributed by atoms with E-state index in [1.807, 2.05) is 4.90 Å². The van der Waals surface area contributed by atoms with Crippen LogP contribution >= 0.6 is 0 Å². The van der Waals surface area contributed by atoms with Gasteiger partial charge in [-0.15, -0.1) is 0 Å². The van der Waals surface area contributed by atoms with Gasteiger partial charge in [0.05, 0.1) is 23.7 Å². The van der Waals surface area contributed by atoms with E-state index in [1.54, 1.807) is 11.0 Å². The Labute approximate surface area is 150 Å². The molecule has 2 saturated heterocycles. The van der Waals surface area contributed by atoms with Gasteiger partial charge in [0.2, 0.25) is 0 Å². The molecule has 0 saturated carbocycles. The lowest BCUT2D eigenvalue weighted by atomic mass is 10.1. The van der Waals surface area contributed by atoms with Crippen LogP contribution in [0.4, 0.5) is 11.4 Å². The van der Waals surface area contributed by atoms with Crippen LogP contribution < -0.4 is 4.90 Å². The Balaban J connectivity index is 1.66. The van der Waals surface area contributed by atoms with Crippen LogP contribution in [0.3, 0.4) is 0 Å². The van der Waals surface area contributed by atoms with E-state index in [9.17, 15) is 19.7 Å². The smallest absolute Gasteiger partial charge is 0.338 e. The van der Waals surface area contributed by atoms with Crippen molar-refractivity contribution in [1.29, 1.82) is 0 Å². The molecule has 1 amide bonds. The molecule has 140 valence electrons. The number of rotatable bonds is 5. The first kappa shape index (κ1) is 18.1. The number of esters is 1. The van der Waals surface area contributed by atoms with Gasteiger partial charge in [0.1, 0.15) is 5.69 Å². The molecule has 0 bridgehead atoms. The average Bonchev–Trinajstić information content (AvgIpc) is 3.20. The van der Waals surface area contributed by atoms with E-state index < -0.39 is 10.9 Å². The average molecular weight is 363 g/mol. The van der Waals surface area contributed by atoms with Crippen molar-refractivity contribution in [2.45, 2.75) is 12.8 Å². The first-order valence-electron chi connectivity index (χ1n) is 8.62. The lowest BCUT2D eigenvalue weighted by molar-refractivity contribution is -0.384. The summed E-state index contributed by atoms with van der Waals surface area (Å²) in [5.41, 5.74) is 0.448. The highest BCUT2D eigenvalue weighted by Crippen LogP contribution is 2.31. The van der Waals surface area contributed by atoms with Crippen molar-refractivity contribution < 1.29 is 24.0 Å². The van der Waals surface area contributed by atoms with Crippen LogP contribution in [0.2, 0.25) is 0 Å². The number of hydrogen-bond acceptors (Lipinski definition) is 7. The third-order valence-electron chi connectivity index (χ3n) is 4.55. The first-order valence-corrected chi connectivity index (χ1v) is 8.62. The molecule has 2 aliphatic heterocycles. The minimum absolute atomic E-state index is 0.0643. The minimum atomic E-state index is -0.748. The minimum Gasteiger partial charge on any atom is -0.452 e. The van der Waals surface area contributed by atoms with Crippen molar-refractivity contribution in [2.24, 2.45) is 0 Å². The normalized spacial score (nSPS) is 17.2. The number of amides is 1. The Hall–Kier alpha value is -2.68. The molecule has 0 spiro atoms. The van der Waals surface area contributed by atoms with Gasteiger partial charge in [-0.1, -0.05) is 0 Å². The third-order valence-corrected chi connectivity index (χ3v) is 4.55. The number of nitro benzene ring substituents is 1. The van der Waals surface area contributed by atoms with Crippen molar-refractivity contribution in [3.8, 4) is 0 Å². The second-order valence-electron chi connectivity index (χ2n) is 6.22. The lowest BCUT2D eigenvalue weighted by Gasteiger charge is -2.26. The van der Waals surface area contributed by atoms with E-state index in [0.29, 0.717) is 32.0 Å². The summed E-state index contributed by atoms with van der Waals surface area (Å²) in [7, 11) is 0. The van der Waals surface area contributed by atoms with Crippen LogP contribution in [-0.2, 0) is 14.3 Å². The van der Waals surface area contributed by atoms with E-state index in [0.717, 1.165) is 25.9 Å². The fourth-order valence-electron chi connectivity index (χ4n) is 3.14. The van der Waals surface area contributed by atoms with Crippen LogP contribution in [0.15, 0.2) is 18.2 Å². The quantitative estimate of drug-likeness (QED) is 0.440. The lowest BCUT2D eigenvalue weighted by Crippen LogP contribution is -2.42. The molecule has 1 aromatic carbocycles. The standard InChI is InChI=1S/C17H21N3O6/c21-16(19-7-9-25-10-8-19)12-26-17(22)13-3-4-14(15(11-13)20(23)24)18-5-1-2-6-18/h3-4,11H,1-2,5-10,12H2. The zero-order chi connectivity index (χ0) is 18.5. The number of carbonyl (C=O) groups excluding carboxylic acids is 2. The molecule has 0 aromatic heterocycles. The number of benzene rings is 1. The number of nitro groups is 1. The maximum absolute atomic E-state index is 12.2. The summed E-state index contributed by atoms with van der Waals surface area (Å²) in [5, 5.41) is 11.4. The number of nitrogens with zero attached hydrogens (tertiary/aromatic N) is 3. The highest BCUT2D eigenvalue weighted by molar-refractivity contribution is 5.93. The van der Waals surface area contributed by atoms with E-state index in [4.69, 9.17) is 9.47 Å². The maximum atomic E-state index is 12.2. The second kappa shape index (κ2) is 8.13. The zero-order valence-corrected chi connectivity index (χ0v) is 14.4. The Morgan fingerprint density at radius 2 is 1.85 bits per heavy atom. The molecule has 0 aliphatic carbocycles. The van der Waals surface area contributed by atoms with Crippen molar-refractivity contribution in [3.63, 3.8) is 0 Å². The topological polar surface area (TPSA) is 102 Å². The summed E-state index contributed by atoms with van der Waals surface area (Å²) in [4.78, 5) is 38.6. The molecule has 2 heterocycles. The highest BCUT2D eigenvalue weighted by Gasteiger charge is 2.25.